The first-order valence-corrected chi connectivity index (χ1v) is 6.07. The summed E-state index contributed by atoms with van der Waals surface area (Å²) in [4.78, 5) is 13.4. The number of hydrogen-bond donors (Lipinski definition) is 0. The molecule has 0 unspecified atom stereocenters. The Balaban J connectivity index is 1.97. The topological polar surface area (TPSA) is 29.5 Å². The van der Waals surface area contributed by atoms with Gasteiger partial charge in [0.15, 0.2) is 0 Å². The van der Waals surface area contributed by atoms with E-state index in [9.17, 15) is 18.0 Å². The maximum atomic E-state index is 12.2. The Labute approximate surface area is 109 Å². The minimum Gasteiger partial charge on any atom is -0.406 e. The minimum atomic E-state index is -4.71. The van der Waals surface area contributed by atoms with Crippen LogP contribution in [0.1, 0.15) is 18.4 Å². The first-order valence-electron chi connectivity index (χ1n) is 6.07. The van der Waals surface area contributed by atoms with Gasteiger partial charge in [0, 0.05) is 19.5 Å². The summed E-state index contributed by atoms with van der Waals surface area (Å²) >= 11 is 0. The molecular weight excluding hydrogens is 259 g/mol. The van der Waals surface area contributed by atoms with Gasteiger partial charge in [-0.25, -0.2) is 0 Å². The Morgan fingerprint density at radius 3 is 2.53 bits per heavy atom. The maximum absolute atomic E-state index is 12.2. The third-order valence-electron chi connectivity index (χ3n) is 3.02. The van der Waals surface area contributed by atoms with Gasteiger partial charge >= 0.3 is 6.36 Å². The summed E-state index contributed by atoms with van der Waals surface area (Å²) in [6, 6.07) is 5.91. The Hall–Kier alpha value is -1.72. The lowest BCUT2D eigenvalue weighted by atomic mass is 10.1. The van der Waals surface area contributed by atoms with Crippen molar-refractivity contribution in [2.24, 2.45) is 0 Å². The zero-order valence-electron chi connectivity index (χ0n) is 10.2. The van der Waals surface area contributed by atoms with E-state index in [0.29, 0.717) is 5.56 Å². The minimum absolute atomic E-state index is 0.0203. The lowest BCUT2D eigenvalue weighted by molar-refractivity contribution is -0.274. The molecule has 3 nitrogen and oxygen atoms in total. The van der Waals surface area contributed by atoms with E-state index < -0.39 is 6.36 Å². The van der Waals surface area contributed by atoms with Gasteiger partial charge in [0.1, 0.15) is 5.75 Å². The molecule has 2 rings (SSSR count). The van der Waals surface area contributed by atoms with Crippen LogP contribution in [0, 0.1) is 0 Å². The highest BCUT2D eigenvalue weighted by Crippen LogP contribution is 2.27. The normalized spacial score (nSPS) is 15.0. The molecule has 1 fully saturated rings. The summed E-state index contributed by atoms with van der Waals surface area (Å²) < 4.78 is 40.6. The smallest absolute Gasteiger partial charge is 0.406 e. The van der Waals surface area contributed by atoms with E-state index >= 15 is 0 Å². The standard InChI is InChI=1S/C13H14F3NO2/c14-13(15,16)19-11-5-2-1-4-10(11)6-7-12(18)17-8-3-9-17/h1-2,4-5H,3,6-9H2. The molecular formula is C13H14F3NO2. The number of hydrogen-bond acceptors (Lipinski definition) is 2. The van der Waals surface area contributed by atoms with Crippen molar-refractivity contribution in [2.45, 2.75) is 25.6 Å². The molecule has 0 saturated carbocycles. The van der Waals surface area contributed by atoms with Crippen LogP contribution in [0.25, 0.3) is 0 Å². The first kappa shape index (κ1) is 13.7. The molecule has 0 atom stereocenters. The number of nitrogens with zero attached hydrogens (tertiary/aromatic N) is 1. The molecule has 6 heteroatoms. The van der Waals surface area contributed by atoms with Crippen LogP contribution in [0.5, 0.6) is 5.75 Å². The van der Waals surface area contributed by atoms with Gasteiger partial charge in [-0.05, 0) is 24.5 Å². The number of benzene rings is 1. The molecule has 19 heavy (non-hydrogen) atoms. The fourth-order valence-electron chi connectivity index (χ4n) is 1.90. The molecule has 1 saturated heterocycles. The van der Waals surface area contributed by atoms with Crippen molar-refractivity contribution in [1.82, 2.24) is 4.90 Å². The number of alkyl halides is 3. The van der Waals surface area contributed by atoms with Crippen molar-refractivity contribution >= 4 is 5.91 Å². The van der Waals surface area contributed by atoms with Crippen LogP contribution in [0.4, 0.5) is 13.2 Å². The molecule has 1 aromatic rings. The number of carbonyl (C=O) groups excluding carboxylic acids is 1. The molecule has 1 heterocycles. The van der Waals surface area contributed by atoms with Crippen molar-refractivity contribution in [3.63, 3.8) is 0 Å². The van der Waals surface area contributed by atoms with E-state index in [0.717, 1.165) is 19.5 Å². The zero-order valence-corrected chi connectivity index (χ0v) is 10.2. The predicted octanol–water partition coefficient (Wildman–Crippen LogP) is 2.75. The Morgan fingerprint density at radius 1 is 1.26 bits per heavy atom. The molecule has 1 aromatic carbocycles. The lowest BCUT2D eigenvalue weighted by Gasteiger charge is -2.31. The molecule has 104 valence electrons. The van der Waals surface area contributed by atoms with Crippen LogP contribution < -0.4 is 4.74 Å². The average Bonchev–Trinajstić information content (AvgIpc) is 2.23. The van der Waals surface area contributed by atoms with Crippen molar-refractivity contribution in [1.29, 1.82) is 0 Å². The lowest BCUT2D eigenvalue weighted by Crippen LogP contribution is -2.42. The summed E-state index contributed by atoms with van der Waals surface area (Å²) in [5.41, 5.74) is 0.397. The molecule has 0 N–H and O–H groups in total. The first-order chi connectivity index (χ1) is 8.96. The van der Waals surface area contributed by atoms with Crippen LogP contribution in [0.2, 0.25) is 0 Å². The van der Waals surface area contributed by atoms with Gasteiger partial charge < -0.3 is 9.64 Å². The second-order valence-electron chi connectivity index (χ2n) is 4.39. The third-order valence-corrected chi connectivity index (χ3v) is 3.02. The van der Waals surface area contributed by atoms with Crippen LogP contribution in [-0.4, -0.2) is 30.3 Å². The fraction of sp³-hybridized carbons (Fsp3) is 0.462. The van der Waals surface area contributed by atoms with Crippen molar-refractivity contribution in [2.75, 3.05) is 13.1 Å². The number of rotatable bonds is 4. The monoisotopic (exact) mass is 273 g/mol. The third kappa shape index (κ3) is 3.87. The second-order valence-corrected chi connectivity index (χ2v) is 4.39. The van der Waals surface area contributed by atoms with Crippen LogP contribution in [-0.2, 0) is 11.2 Å². The number of para-hydroxylation sites is 1. The summed E-state index contributed by atoms with van der Waals surface area (Å²) in [6.07, 6.45) is -3.25. The molecule has 1 aliphatic rings. The van der Waals surface area contributed by atoms with E-state index in [4.69, 9.17) is 0 Å². The Bertz CT molecular complexity index is 455. The van der Waals surface area contributed by atoms with Gasteiger partial charge in [0.05, 0.1) is 0 Å². The van der Waals surface area contributed by atoms with Crippen LogP contribution in [0.15, 0.2) is 24.3 Å². The Morgan fingerprint density at radius 2 is 1.95 bits per heavy atom. The highest BCUT2D eigenvalue weighted by atomic mass is 19.4. The number of ether oxygens (including phenoxy) is 1. The summed E-state index contributed by atoms with van der Waals surface area (Å²) in [5, 5.41) is 0. The van der Waals surface area contributed by atoms with Crippen molar-refractivity contribution in [3.8, 4) is 5.75 Å². The zero-order chi connectivity index (χ0) is 13.9. The fourth-order valence-corrected chi connectivity index (χ4v) is 1.90. The maximum Gasteiger partial charge on any atom is 0.573 e. The summed E-state index contributed by atoms with van der Waals surface area (Å²) in [6.45, 7) is 1.50. The van der Waals surface area contributed by atoms with E-state index in [-0.39, 0.29) is 24.5 Å². The molecule has 0 aromatic heterocycles. The molecule has 1 amide bonds. The van der Waals surface area contributed by atoms with Crippen LogP contribution >= 0.6 is 0 Å². The summed E-state index contributed by atoms with van der Waals surface area (Å²) in [5.74, 6) is -0.250. The summed E-state index contributed by atoms with van der Waals surface area (Å²) in [7, 11) is 0. The largest absolute Gasteiger partial charge is 0.573 e. The highest BCUT2D eigenvalue weighted by Gasteiger charge is 2.32. The average molecular weight is 273 g/mol. The SMILES string of the molecule is O=C(CCc1ccccc1OC(F)(F)F)N1CCC1. The van der Waals surface area contributed by atoms with Gasteiger partial charge in [-0.3, -0.25) is 4.79 Å². The van der Waals surface area contributed by atoms with Gasteiger partial charge in [-0.2, -0.15) is 0 Å². The van der Waals surface area contributed by atoms with Crippen molar-refractivity contribution in [3.05, 3.63) is 29.8 Å². The number of amides is 1. The van der Waals surface area contributed by atoms with Gasteiger partial charge in [-0.15, -0.1) is 13.2 Å². The Kier molecular flexibility index (Phi) is 3.97. The molecule has 0 bridgehead atoms. The number of carbonyl (C=O) groups is 1. The molecule has 1 aliphatic heterocycles. The van der Waals surface area contributed by atoms with Gasteiger partial charge in [-0.1, -0.05) is 18.2 Å². The number of likely N-dealkylation sites (tertiary alicyclic amines) is 1. The van der Waals surface area contributed by atoms with Gasteiger partial charge in [0.2, 0.25) is 5.91 Å². The molecule has 0 spiro atoms. The van der Waals surface area contributed by atoms with E-state index in [1.807, 2.05) is 0 Å². The van der Waals surface area contributed by atoms with E-state index in [1.54, 1.807) is 17.0 Å². The van der Waals surface area contributed by atoms with Gasteiger partial charge in [0.25, 0.3) is 0 Å². The van der Waals surface area contributed by atoms with Crippen molar-refractivity contribution < 1.29 is 22.7 Å². The molecule has 0 aliphatic carbocycles. The highest BCUT2D eigenvalue weighted by molar-refractivity contribution is 5.77. The molecule has 0 radical (unpaired) electrons. The second kappa shape index (κ2) is 5.50. The van der Waals surface area contributed by atoms with Crippen LogP contribution in [0.3, 0.4) is 0 Å². The quantitative estimate of drug-likeness (QED) is 0.844. The van der Waals surface area contributed by atoms with E-state index in [1.165, 1.54) is 12.1 Å². The number of halogens is 3. The predicted molar refractivity (Wildman–Crippen MR) is 62.6 cm³/mol. The number of aryl methyl sites for hydroxylation is 1. The van der Waals surface area contributed by atoms with E-state index in [2.05, 4.69) is 4.74 Å².